The molecule has 0 aliphatic rings. The molecule has 1 unspecified atom stereocenters. The Bertz CT molecular complexity index is 216. The van der Waals surface area contributed by atoms with Crippen molar-refractivity contribution >= 4 is 0 Å². The highest BCUT2D eigenvalue weighted by Gasteiger charge is 1.96. The number of unbranched alkanes of at least 4 members (excludes halogenated alkanes) is 16. The lowest BCUT2D eigenvalue weighted by atomic mass is 10.0. The average Bonchev–Trinajstić information content (AvgIpc) is 2.56. The van der Waals surface area contributed by atoms with Crippen molar-refractivity contribution in [1.82, 2.24) is 0 Å². The Balaban J connectivity index is 2.95. The minimum atomic E-state index is -0.323. The van der Waals surface area contributed by atoms with Crippen molar-refractivity contribution in [1.29, 1.82) is 0 Å². The predicted molar refractivity (Wildman–Crippen MR) is 107 cm³/mol. The first kappa shape index (κ1) is 23.9. The summed E-state index contributed by atoms with van der Waals surface area (Å²) in [4.78, 5) is 0. The molecule has 0 aromatic carbocycles. The van der Waals surface area contributed by atoms with Crippen LogP contribution in [0.15, 0.2) is 0 Å². The van der Waals surface area contributed by atoms with E-state index in [4.69, 9.17) is 9.84 Å². The SMILES string of the molecule is CCCCCCCCCCCCCCCCCCCOCC(C)O. The molecule has 2 heteroatoms. The first-order valence-electron chi connectivity index (χ1n) is 11.0. The molecule has 0 aromatic heterocycles. The number of ether oxygens (including phenoxy) is 1. The molecule has 0 spiro atoms. The minimum Gasteiger partial charge on any atom is -0.391 e. The fraction of sp³-hybridized carbons (Fsp3) is 1.00. The zero-order valence-corrected chi connectivity index (χ0v) is 16.9. The standard InChI is InChI=1S/C22H46O2/c1-3-4-5-6-7-8-9-10-11-12-13-14-15-16-17-18-19-20-24-21-22(2)23/h22-23H,3-21H2,1-2H3. The lowest BCUT2D eigenvalue weighted by molar-refractivity contribution is 0.0445. The van der Waals surface area contributed by atoms with Gasteiger partial charge >= 0.3 is 0 Å². The van der Waals surface area contributed by atoms with E-state index in [2.05, 4.69) is 6.92 Å². The summed E-state index contributed by atoms with van der Waals surface area (Å²) in [5.41, 5.74) is 0. The van der Waals surface area contributed by atoms with Crippen LogP contribution in [0.5, 0.6) is 0 Å². The molecule has 0 aliphatic heterocycles. The van der Waals surface area contributed by atoms with Gasteiger partial charge in [0, 0.05) is 6.61 Å². The first-order valence-corrected chi connectivity index (χ1v) is 11.0. The van der Waals surface area contributed by atoms with Gasteiger partial charge in [-0.3, -0.25) is 0 Å². The zero-order valence-electron chi connectivity index (χ0n) is 16.9. The number of rotatable bonds is 20. The zero-order chi connectivity index (χ0) is 17.7. The molecule has 0 amide bonds. The van der Waals surface area contributed by atoms with Crippen molar-refractivity contribution in [3.63, 3.8) is 0 Å². The summed E-state index contributed by atoms with van der Waals surface area (Å²) in [6.07, 6.45) is 23.5. The monoisotopic (exact) mass is 342 g/mol. The highest BCUT2D eigenvalue weighted by atomic mass is 16.5. The molecule has 0 saturated carbocycles. The van der Waals surface area contributed by atoms with Crippen molar-refractivity contribution in [2.75, 3.05) is 13.2 Å². The van der Waals surface area contributed by atoms with E-state index in [1.54, 1.807) is 6.92 Å². The van der Waals surface area contributed by atoms with E-state index in [9.17, 15) is 0 Å². The summed E-state index contributed by atoms with van der Waals surface area (Å²) in [5.74, 6) is 0. The molecule has 0 bridgehead atoms. The highest BCUT2D eigenvalue weighted by Crippen LogP contribution is 2.14. The molecule has 0 saturated heterocycles. The van der Waals surface area contributed by atoms with E-state index in [1.165, 1.54) is 103 Å². The Kier molecular flexibility index (Phi) is 20.9. The van der Waals surface area contributed by atoms with Crippen LogP contribution in [0.3, 0.4) is 0 Å². The Hall–Kier alpha value is -0.0800. The molecule has 0 heterocycles. The van der Waals surface area contributed by atoms with E-state index in [0.29, 0.717) is 6.61 Å². The fourth-order valence-corrected chi connectivity index (χ4v) is 3.18. The quantitative estimate of drug-likeness (QED) is 0.240. The second kappa shape index (κ2) is 21.0. The van der Waals surface area contributed by atoms with Gasteiger partial charge in [0.1, 0.15) is 0 Å². The maximum Gasteiger partial charge on any atom is 0.0745 e. The molecule has 0 aromatic rings. The molecule has 0 aliphatic carbocycles. The number of hydrogen-bond donors (Lipinski definition) is 1. The Labute approximate surface area is 152 Å². The summed E-state index contributed by atoms with van der Waals surface area (Å²) in [6, 6.07) is 0. The van der Waals surface area contributed by atoms with Crippen LogP contribution in [0.4, 0.5) is 0 Å². The third-order valence-electron chi connectivity index (χ3n) is 4.75. The largest absolute Gasteiger partial charge is 0.391 e. The van der Waals surface area contributed by atoms with Crippen LogP contribution >= 0.6 is 0 Å². The molecule has 1 N–H and O–H groups in total. The summed E-state index contributed by atoms with van der Waals surface area (Å²) < 4.78 is 5.37. The molecule has 0 rings (SSSR count). The maximum absolute atomic E-state index is 9.07. The van der Waals surface area contributed by atoms with E-state index < -0.39 is 0 Å². The number of hydrogen-bond acceptors (Lipinski definition) is 2. The lowest BCUT2D eigenvalue weighted by Gasteiger charge is -2.06. The molecular weight excluding hydrogens is 296 g/mol. The van der Waals surface area contributed by atoms with E-state index in [-0.39, 0.29) is 6.10 Å². The molecule has 0 fully saturated rings. The molecule has 1 atom stereocenters. The molecule has 0 radical (unpaired) electrons. The van der Waals surface area contributed by atoms with Gasteiger partial charge in [-0.25, -0.2) is 0 Å². The minimum absolute atomic E-state index is 0.323. The van der Waals surface area contributed by atoms with Gasteiger partial charge in [-0.2, -0.15) is 0 Å². The summed E-state index contributed by atoms with van der Waals surface area (Å²) >= 11 is 0. The van der Waals surface area contributed by atoms with Crippen molar-refractivity contribution in [2.45, 2.75) is 129 Å². The van der Waals surface area contributed by atoms with Gasteiger partial charge in [0.25, 0.3) is 0 Å². The van der Waals surface area contributed by atoms with Gasteiger partial charge in [-0.15, -0.1) is 0 Å². The van der Waals surface area contributed by atoms with Crippen LogP contribution in [0.1, 0.15) is 123 Å². The van der Waals surface area contributed by atoms with E-state index in [0.717, 1.165) is 13.0 Å². The van der Waals surface area contributed by atoms with E-state index >= 15 is 0 Å². The normalized spacial score (nSPS) is 12.6. The molecule has 24 heavy (non-hydrogen) atoms. The third kappa shape index (κ3) is 21.9. The van der Waals surface area contributed by atoms with E-state index in [1.807, 2.05) is 0 Å². The summed E-state index contributed by atoms with van der Waals surface area (Å²) in [6.45, 7) is 5.35. The summed E-state index contributed by atoms with van der Waals surface area (Å²) in [7, 11) is 0. The van der Waals surface area contributed by atoms with Gasteiger partial charge in [-0.05, 0) is 13.3 Å². The molecule has 2 nitrogen and oxygen atoms in total. The smallest absolute Gasteiger partial charge is 0.0745 e. The van der Waals surface area contributed by atoms with Crippen LogP contribution in [0.25, 0.3) is 0 Å². The van der Waals surface area contributed by atoms with Crippen molar-refractivity contribution in [3.05, 3.63) is 0 Å². The fourth-order valence-electron chi connectivity index (χ4n) is 3.18. The van der Waals surface area contributed by atoms with Crippen molar-refractivity contribution in [2.24, 2.45) is 0 Å². The van der Waals surface area contributed by atoms with Gasteiger partial charge in [0.15, 0.2) is 0 Å². The maximum atomic E-state index is 9.07. The molecular formula is C22H46O2. The predicted octanol–water partition coefficient (Wildman–Crippen LogP) is 7.04. The third-order valence-corrected chi connectivity index (χ3v) is 4.75. The van der Waals surface area contributed by atoms with Crippen LogP contribution in [-0.4, -0.2) is 24.4 Å². The lowest BCUT2D eigenvalue weighted by Crippen LogP contribution is -2.10. The Morgan fingerprint density at radius 2 is 0.917 bits per heavy atom. The first-order chi connectivity index (χ1) is 11.8. The van der Waals surface area contributed by atoms with Gasteiger partial charge < -0.3 is 9.84 Å². The Morgan fingerprint density at radius 3 is 1.25 bits per heavy atom. The topological polar surface area (TPSA) is 29.5 Å². The second-order valence-corrected chi connectivity index (χ2v) is 7.58. The van der Waals surface area contributed by atoms with Gasteiger partial charge in [-0.1, -0.05) is 110 Å². The van der Waals surface area contributed by atoms with Crippen molar-refractivity contribution in [3.8, 4) is 0 Å². The van der Waals surface area contributed by atoms with Crippen LogP contribution < -0.4 is 0 Å². The van der Waals surface area contributed by atoms with Crippen LogP contribution in [-0.2, 0) is 4.74 Å². The highest BCUT2D eigenvalue weighted by molar-refractivity contribution is 4.50. The number of aliphatic hydroxyl groups is 1. The Morgan fingerprint density at radius 1 is 0.583 bits per heavy atom. The van der Waals surface area contributed by atoms with Crippen molar-refractivity contribution < 1.29 is 9.84 Å². The number of aliphatic hydroxyl groups excluding tert-OH is 1. The average molecular weight is 343 g/mol. The summed E-state index contributed by atoms with van der Waals surface area (Å²) in [5, 5.41) is 9.07. The second-order valence-electron chi connectivity index (χ2n) is 7.58. The van der Waals surface area contributed by atoms with Gasteiger partial charge in [0.2, 0.25) is 0 Å². The van der Waals surface area contributed by atoms with Gasteiger partial charge in [0.05, 0.1) is 12.7 Å². The van der Waals surface area contributed by atoms with Crippen LogP contribution in [0, 0.1) is 0 Å². The molecule has 146 valence electrons. The van der Waals surface area contributed by atoms with Crippen LogP contribution in [0.2, 0.25) is 0 Å².